The molecule has 0 amide bonds. The molecule has 0 aliphatic rings. The molecule has 1 N–H and O–H groups in total. The fourth-order valence-electron chi connectivity index (χ4n) is 2.03. The summed E-state index contributed by atoms with van der Waals surface area (Å²) in [4.78, 5) is 0.130. The van der Waals surface area contributed by atoms with Crippen LogP contribution in [0.25, 0.3) is 0 Å². The summed E-state index contributed by atoms with van der Waals surface area (Å²) >= 11 is 5.93. The van der Waals surface area contributed by atoms with Crippen LogP contribution in [0.4, 0.5) is 11.4 Å². The van der Waals surface area contributed by atoms with Gasteiger partial charge in [0, 0.05) is 17.8 Å². The van der Waals surface area contributed by atoms with E-state index in [0.717, 1.165) is 10.6 Å². The fourth-order valence-corrected chi connectivity index (χ4v) is 3.99. The molecule has 0 heterocycles. The number of anilines is 2. The van der Waals surface area contributed by atoms with Crippen molar-refractivity contribution in [1.29, 1.82) is 0 Å². The topological polar surface area (TPSA) is 83.6 Å². The van der Waals surface area contributed by atoms with Crippen LogP contribution in [-0.2, 0) is 20.0 Å². The Morgan fingerprint density at radius 2 is 1.58 bits per heavy atom. The second-order valence-electron chi connectivity index (χ2n) is 5.30. The Morgan fingerprint density at radius 3 is 2.08 bits per heavy atom. The average Bonchev–Trinajstić information content (AvgIpc) is 2.48. The van der Waals surface area contributed by atoms with Crippen molar-refractivity contribution >= 4 is 43.0 Å². The third kappa shape index (κ3) is 4.19. The second-order valence-corrected chi connectivity index (χ2v) is 9.43. The third-order valence-corrected chi connectivity index (χ3v) is 6.13. The Balaban J connectivity index is 2.32. The number of hydrogen-bond acceptors (Lipinski definition) is 4. The van der Waals surface area contributed by atoms with Gasteiger partial charge in [-0.2, -0.15) is 0 Å². The molecule has 0 saturated carbocycles. The highest BCUT2D eigenvalue weighted by molar-refractivity contribution is 7.92. The van der Waals surface area contributed by atoms with Crippen LogP contribution >= 0.6 is 11.6 Å². The van der Waals surface area contributed by atoms with E-state index in [2.05, 4.69) is 4.72 Å². The molecule has 24 heavy (non-hydrogen) atoms. The van der Waals surface area contributed by atoms with E-state index in [1.807, 2.05) is 0 Å². The summed E-state index contributed by atoms with van der Waals surface area (Å²) in [5, 5.41) is 0.493. The first-order valence-electron chi connectivity index (χ1n) is 6.83. The zero-order valence-corrected chi connectivity index (χ0v) is 15.7. The zero-order valence-electron chi connectivity index (χ0n) is 13.3. The lowest BCUT2D eigenvalue weighted by Gasteiger charge is -2.20. The van der Waals surface area contributed by atoms with Gasteiger partial charge in [-0.05, 0) is 55.0 Å². The Hall–Kier alpha value is -1.77. The van der Waals surface area contributed by atoms with Crippen molar-refractivity contribution in [2.45, 2.75) is 11.8 Å². The fraction of sp³-hybridized carbons (Fsp3) is 0.200. The van der Waals surface area contributed by atoms with Gasteiger partial charge in [-0.15, -0.1) is 0 Å². The molecule has 0 aliphatic heterocycles. The Labute approximate surface area is 147 Å². The van der Waals surface area contributed by atoms with E-state index in [4.69, 9.17) is 11.6 Å². The number of aryl methyl sites for hydroxylation is 1. The van der Waals surface area contributed by atoms with Crippen molar-refractivity contribution in [3.05, 3.63) is 53.1 Å². The molecule has 0 radical (unpaired) electrons. The summed E-state index contributed by atoms with van der Waals surface area (Å²) in [7, 11) is -5.70. The molecule has 0 unspecified atom stereocenters. The molecule has 2 aromatic rings. The Bertz CT molecular complexity index is 955. The van der Waals surface area contributed by atoms with Gasteiger partial charge in [0.05, 0.1) is 16.8 Å². The minimum atomic E-state index is -3.74. The van der Waals surface area contributed by atoms with E-state index < -0.39 is 20.0 Å². The molecule has 6 nitrogen and oxygen atoms in total. The molecule has 0 bridgehead atoms. The molecule has 0 aromatic heterocycles. The molecule has 0 aliphatic carbocycles. The van der Waals surface area contributed by atoms with E-state index in [1.165, 1.54) is 49.5 Å². The number of nitrogens with zero attached hydrogens (tertiary/aromatic N) is 1. The molecule has 130 valence electrons. The number of hydrogen-bond donors (Lipinski definition) is 1. The third-order valence-electron chi connectivity index (χ3n) is 3.32. The normalized spacial score (nSPS) is 12.0. The number of halogens is 1. The predicted molar refractivity (Wildman–Crippen MR) is 96.7 cm³/mol. The number of benzene rings is 2. The molecule has 0 fully saturated rings. The van der Waals surface area contributed by atoms with Crippen molar-refractivity contribution < 1.29 is 16.8 Å². The maximum Gasteiger partial charge on any atom is 0.264 e. The summed E-state index contributed by atoms with van der Waals surface area (Å²) in [6.07, 6.45) is 1.04. The summed E-state index contributed by atoms with van der Waals surface area (Å²) in [5.41, 5.74) is 1.43. The van der Waals surface area contributed by atoms with Gasteiger partial charge in [0.25, 0.3) is 10.0 Å². The number of rotatable bonds is 5. The van der Waals surface area contributed by atoms with Gasteiger partial charge in [0.1, 0.15) is 0 Å². The van der Waals surface area contributed by atoms with Crippen LogP contribution < -0.4 is 9.03 Å². The SMILES string of the molecule is Cc1cc(S(=O)(=O)N(C)c2ccc(NS(C)(=O)=O)cc2)ccc1Cl. The van der Waals surface area contributed by atoms with E-state index in [-0.39, 0.29) is 4.90 Å². The van der Waals surface area contributed by atoms with Crippen molar-refractivity contribution in [3.63, 3.8) is 0 Å². The van der Waals surface area contributed by atoms with Crippen LogP contribution in [0, 0.1) is 6.92 Å². The minimum absolute atomic E-state index is 0.130. The van der Waals surface area contributed by atoms with Crippen LogP contribution in [-0.4, -0.2) is 30.1 Å². The minimum Gasteiger partial charge on any atom is -0.284 e. The first-order valence-corrected chi connectivity index (χ1v) is 10.5. The van der Waals surface area contributed by atoms with Crippen molar-refractivity contribution in [3.8, 4) is 0 Å². The van der Waals surface area contributed by atoms with Crippen molar-refractivity contribution in [2.24, 2.45) is 0 Å². The first-order chi connectivity index (χ1) is 11.0. The van der Waals surface area contributed by atoms with E-state index >= 15 is 0 Å². The van der Waals surface area contributed by atoms with Crippen molar-refractivity contribution in [2.75, 3.05) is 22.3 Å². The average molecular weight is 389 g/mol. The van der Waals surface area contributed by atoms with Crippen LogP contribution in [0.5, 0.6) is 0 Å². The van der Waals surface area contributed by atoms with Gasteiger partial charge in [-0.1, -0.05) is 11.6 Å². The van der Waals surface area contributed by atoms with E-state index in [9.17, 15) is 16.8 Å². The van der Waals surface area contributed by atoms with Crippen molar-refractivity contribution in [1.82, 2.24) is 0 Å². The molecular weight excluding hydrogens is 372 g/mol. The lowest BCUT2D eigenvalue weighted by Crippen LogP contribution is -2.26. The van der Waals surface area contributed by atoms with Gasteiger partial charge in [-0.3, -0.25) is 9.03 Å². The highest BCUT2D eigenvalue weighted by Crippen LogP contribution is 2.26. The largest absolute Gasteiger partial charge is 0.284 e. The van der Waals surface area contributed by atoms with Gasteiger partial charge in [0.15, 0.2) is 0 Å². The maximum absolute atomic E-state index is 12.7. The summed E-state index contributed by atoms with van der Waals surface area (Å²) < 4.78 is 51.2. The molecule has 9 heteroatoms. The summed E-state index contributed by atoms with van der Waals surface area (Å²) in [6.45, 7) is 1.73. The standard InChI is InChI=1S/C15H17ClN2O4S2/c1-11-10-14(8-9-15(11)16)24(21,22)18(2)13-6-4-12(5-7-13)17-23(3,19)20/h4-10,17H,1-3H3. The smallest absolute Gasteiger partial charge is 0.264 e. The van der Waals surface area contributed by atoms with Gasteiger partial charge >= 0.3 is 0 Å². The quantitative estimate of drug-likeness (QED) is 0.853. The monoisotopic (exact) mass is 388 g/mol. The van der Waals surface area contributed by atoms with Crippen LogP contribution in [0.1, 0.15) is 5.56 Å². The number of sulfonamides is 2. The van der Waals surface area contributed by atoms with E-state index in [1.54, 1.807) is 6.92 Å². The Kier molecular flexibility index (Phi) is 5.12. The first kappa shape index (κ1) is 18.6. The molecule has 2 rings (SSSR count). The molecule has 2 aromatic carbocycles. The maximum atomic E-state index is 12.7. The zero-order chi connectivity index (χ0) is 18.1. The lowest BCUT2D eigenvalue weighted by atomic mass is 10.2. The van der Waals surface area contributed by atoms with Gasteiger partial charge in [-0.25, -0.2) is 16.8 Å². The highest BCUT2D eigenvalue weighted by Gasteiger charge is 2.21. The molecular formula is C15H17ClN2O4S2. The van der Waals surface area contributed by atoms with Crippen LogP contribution in [0.15, 0.2) is 47.4 Å². The lowest BCUT2D eigenvalue weighted by molar-refractivity contribution is 0.594. The highest BCUT2D eigenvalue weighted by atomic mass is 35.5. The molecule has 0 saturated heterocycles. The predicted octanol–water partition coefficient (Wildman–Crippen LogP) is 2.85. The van der Waals surface area contributed by atoms with E-state index in [0.29, 0.717) is 22.0 Å². The molecule has 0 atom stereocenters. The summed E-state index contributed by atoms with van der Waals surface area (Å²) in [6, 6.07) is 10.5. The van der Waals surface area contributed by atoms with Gasteiger partial charge in [0.2, 0.25) is 10.0 Å². The van der Waals surface area contributed by atoms with Crippen LogP contribution in [0.3, 0.4) is 0 Å². The van der Waals surface area contributed by atoms with Gasteiger partial charge < -0.3 is 0 Å². The Morgan fingerprint density at radius 1 is 1.00 bits per heavy atom. The summed E-state index contributed by atoms with van der Waals surface area (Å²) in [5.74, 6) is 0. The second kappa shape index (κ2) is 6.62. The molecule has 0 spiro atoms. The van der Waals surface area contributed by atoms with Crippen LogP contribution in [0.2, 0.25) is 5.02 Å². The number of nitrogens with one attached hydrogen (secondary N) is 1.